The summed E-state index contributed by atoms with van der Waals surface area (Å²) in [7, 11) is 0. The number of anilines is 1. The second-order valence-electron chi connectivity index (χ2n) is 5.43. The van der Waals surface area contributed by atoms with Crippen LogP contribution in [0, 0.1) is 10.1 Å². The Kier molecular flexibility index (Phi) is 5.44. The first kappa shape index (κ1) is 17.2. The molecule has 1 aliphatic rings. The van der Waals surface area contributed by atoms with Crippen LogP contribution in [0.25, 0.3) is 0 Å². The van der Waals surface area contributed by atoms with E-state index < -0.39 is 4.92 Å². The van der Waals surface area contributed by atoms with Gasteiger partial charge in [0.25, 0.3) is 5.69 Å². The third-order valence-corrected chi connectivity index (χ3v) is 4.93. The standard InChI is InChI=1S/C16H17N5O3S/c22-15(12-25-14-5-2-1-4-13(14)21(23)24)19-8-10-20(11-9-19)16-17-6-3-7-18-16/h1-7H,8-12H2. The monoisotopic (exact) mass is 359 g/mol. The molecule has 2 heterocycles. The first-order chi connectivity index (χ1) is 12.1. The van der Waals surface area contributed by atoms with Crippen molar-refractivity contribution >= 4 is 29.3 Å². The van der Waals surface area contributed by atoms with Crippen molar-refractivity contribution in [1.29, 1.82) is 0 Å². The van der Waals surface area contributed by atoms with Crippen LogP contribution in [0.2, 0.25) is 0 Å². The molecule has 1 fully saturated rings. The Balaban J connectivity index is 1.53. The third-order valence-electron chi connectivity index (χ3n) is 3.88. The number of benzene rings is 1. The highest BCUT2D eigenvalue weighted by Crippen LogP contribution is 2.28. The van der Waals surface area contributed by atoms with Gasteiger partial charge in [-0.3, -0.25) is 14.9 Å². The molecule has 25 heavy (non-hydrogen) atoms. The summed E-state index contributed by atoms with van der Waals surface area (Å²) in [6.45, 7) is 2.53. The largest absolute Gasteiger partial charge is 0.338 e. The van der Waals surface area contributed by atoms with E-state index >= 15 is 0 Å². The zero-order valence-electron chi connectivity index (χ0n) is 13.4. The molecule has 8 nitrogen and oxygen atoms in total. The van der Waals surface area contributed by atoms with E-state index in [4.69, 9.17) is 0 Å². The molecule has 0 saturated carbocycles. The molecule has 1 amide bonds. The summed E-state index contributed by atoms with van der Waals surface area (Å²) in [5.41, 5.74) is 0.0337. The minimum absolute atomic E-state index is 0.0169. The van der Waals surface area contributed by atoms with Crippen LogP contribution in [-0.4, -0.2) is 57.6 Å². The van der Waals surface area contributed by atoms with Gasteiger partial charge in [0.05, 0.1) is 15.6 Å². The number of carbonyl (C=O) groups is 1. The number of carbonyl (C=O) groups excluding carboxylic acids is 1. The molecule has 0 bridgehead atoms. The van der Waals surface area contributed by atoms with Crippen LogP contribution in [0.15, 0.2) is 47.6 Å². The van der Waals surface area contributed by atoms with Gasteiger partial charge >= 0.3 is 0 Å². The number of aromatic nitrogens is 2. The first-order valence-corrected chi connectivity index (χ1v) is 8.79. The lowest BCUT2D eigenvalue weighted by Crippen LogP contribution is -2.49. The average Bonchev–Trinajstić information content (AvgIpc) is 2.67. The fraction of sp³-hybridized carbons (Fsp3) is 0.312. The molecule has 0 N–H and O–H groups in total. The lowest BCUT2D eigenvalue weighted by atomic mass is 10.3. The zero-order chi connectivity index (χ0) is 17.6. The molecule has 0 radical (unpaired) electrons. The Morgan fingerprint density at radius 3 is 2.48 bits per heavy atom. The highest BCUT2D eigenvalue weighted by Gasteiger charge is 2.23. The quantitative estimate of drug-likeness (QED) is 0.457. The molecule has 9 heteroatoms. The molecule has 1 aromatic heterocycles. The second kappa shape index (κ2) is 7.93. The average molecular weight is 359 g/mol. The van der Waals surface area contributed by atoms with Gasteiger partial charge in [0, 0.05) is 44.6 Å². The SMILES string of the molecule is O=C(CSc1ccccc1[N+](=O)[O-])N1CCN(c2ncccn2)CC1. The van der Waals surface area contributed by atoms with E-state index in [2.05, 4.69) is 9.97 Å². The fourth-order valence-electron chi connectivity index (χ4n) is 2.57. The van der Waals surface area contributed by atoms with Gasteiger partial charge in [-0.05, 0) is 12.1 Å². The minimum atomic E-state index is -0.425. The van der Waals surface area contributed by atoms with Crippen molar-refractivity contribution in [3.63, 3.8) is 0 Å². The molecule has 0 unspecified atom stereocenters. The minimum Gasteiger partial charge on any atom is -0.338 e. The topological polar surface area (TPSA) is 92.5 Å². The molecule has 1 aromatic carbocycles. The van der Waals surface area contributed by atoms with Crippen molar-refractivity contribution in [1.82, 2.24) is 14.9 Å². The van der Waals surface area contributed by atoms with Crippen LogP contribution in [0.3, 0.4) is 0 Å². The molecule has 3 rings (SSSR count). The summed E-state index contributed by atoms with van der Waals surface area (Å²) in [6, 6.07) is 8.24. The zero-order valence-corrected chi connectivity index (χ0v) is 14.3. The van der Waals surface area contributed by atoms with Gasteiger partial charge in [0.1, 0.15) is 0 Å². The normalized spacial score (nSPS) is 14.4. The Bertz CT molecular complexity index is 750. The van der Waals surface area contributed by atoms with E-state index in [1.54, 1.807) is 41.6 Å². The Morgan fingerprint density at radius 1 is 1.12 bits per heavy atom. The van der Waals surface area contributed by atoms with Crippen LogP contribution in [0.1, 0.15) is 0 Å². The van der Waals surface area contributed by atoms with E-state index in [0.717, 1.165) is 0 Å². The first-order valence-electron chi connectivity index (χ1n) is 7.81. The molecule has 2 aromatic rings. The maximum absolute atomic E-state index is 12.4. The number of para-hydroxylation sites is 1. The summed E-state index contributed by atoms with van der Waals surface area (Å²) < 4.78 is 0. The van der Waals surface area contributed by atoms with E-state index in [0.29, 0.717) is 37.0 Å². The van der Waals surface area contributed by atoms with Gasteiger partial charge in [0.15, 0.2) is 0 Å². The van der Waals surface area contributed by atoms with Crippen LogP contribution < -0.4 is 4.90 Å². The van der Waals surface area contributed by atoms with Gasteiger partial charge in [-0.1, -0.05) is 12.1 Å². The summed E-state index contributed by atoms with van der Waals surface area (Å²) in [4.78, 5) is 35.7. The summed E-state index contributed by atoms with van der Waals surface area (Å²) >= 11 is 1.20. The van der Waals surface area contributed by atoms with Crippen molar-refractivity contribution in [3.05, 3.63) is 52.8 Å². The number of rotatable bonds is 5. The number of nitro benzene ring substituents is 1. The lowest BCUT2D eigenvalue weighted by Gasteiger charge is -2.34. The summed E-state index contributed by atoms with van der Waals surface area (Å²) in [5, 5.41) is 11.0. The Labute approximate surface area is 149 Å². The maximum atomic E-state index is 12.4. The fourth-order valence-corrected chi connectivity index (χ4v) is 3.50. The highest BCUT2D eigenvalue weighted by molar-refractivity contribution is 8.00. The van der Waals surface area contributed by atoms with Crippen LogP contribution in [-0.2, 0) is 4.79 Å². The van der Waals surface area contributed by atoms with E-state index in [9.17, 15) is 14.9 Å². The second-order valence-corrected chi connectivity index (χ2v) is 6.45. The Hall–Kier alpha value is -2.68. The number of nitro groups is 1. The van der Waals surface area contributed by atoms with Crippen molar-refractivity contribution < 1.29 is 9.72 Å². The molecule has 130 valence electrons. The van der Waals surface area contributed by atoms with Gasteiger partial charge in [0.2, 0.25) is 11.9 Å². The highest BCUT2D eigenvalue weighted by atomic mass is 32.2. The predicted octanol–water partition coefficient (Wildman–Crippen LogP) is 1.83. The number of nitrogens with zero attached hydrogens (tertiary/aromatic N) is 5. The number of hydrogen-bond donors (Lipinski definition) is 0. The van der Waals surface area contributed by atoms with Gasteiger partial charge in [-0.2, -0.15) is 0 Å². The van der Waals surface area contributed by atoms with E-state index in [1.807, 2.05) is 4.90 Å². The predicted molar refractivity (Wildman–Crippen MR) is 94.6 cm³/mol. The van der Waals surface area contributed by atoms with Crippen molar-refractivity contribution in [2.24, 2.45) is 0 Å². The van der Waals surface area contributed by atoms with Crippen molar-refractivity contribution in [2.45, 2.75) is 4.90 Å². The molecule has 0 atom stereocenters. The number of amides is 1. The van der Waals surface area contributed by atoms with E-state index in [-0.39, 0.29) is 17.3 Å². The molecule has 1 saturated heterocycles. The van der Waals surface area contributed by atoms with Crippen LogP contribution in [0.4, 0.5) is 11.6 Å². The maximum Gasteiger partial charge on any atom is 0.282 e. The number of thioether (sulfide) groups is 1. The van der Waals surface area contributed by atoms with Crippen molar-refractivity contribution in [2.75, 3.05) is 36.8 Å². The third kappa shape index (κ3) is 4.24. The van der Waals surface area contributed by atoms with Gasteiger partial charge in [-0.25, -0.2) is 9.97 Å². The van der Waals surface area contributed by atoms with Gasteiger partial charge in [-0.15, -0.1) is 11.8 Å². The van der Waals surface area contributed by atoms with Crippen LogP contribution in [0.5, 0.6) is 0 Å². The summed E-state index contributed by atoms with van der Waals surface area (Å²) in [6.07, 6.45) is 3.40. The van der Waals surface area contributed by atoms with Crippen molar-refractivity contribution in [3.8, 4) is 0 Å². The molecule has 1 aliphatic heterocycles. The number of hydrogen-bond acceptors (Lipinski definition) is 7. The van der Waals surface area contributed by atoms with Gasteiger partial charge < -0.3 is 9.80 Å². The molecule has 0 aliphatic carbocycles. The molecular weight excluding hydrogens is 342 g/mol. The molecule has 0 spiro atoms. The lowest BCUT2D eigenvalue weighted by molar-refractivity contribution is -0.387. The summed E-state index contributed by atoms with van der Waals surface area (Å²) in [5.74, 6) is 0.841. The van der Waals surface area contributed by atoms with E-state index in [1.165, 1.54) is 17.8 Å². The Morgan fingerprint density at radius 2 is 1.80 bits per heavy atom. The smallest absolute Gasteiger partial charge is 0.282 e. The van der Waals surface area contributed by atoms with Crippen LogP contribution >= 0.6 is 11.8 Å². The number of piperazine rings is 1. The molecular formula is C16H17N5O3S.